The highest BCUT2D eigenvalue weighted by molar-refractivity contribution is 5.73. The van der Waals surface area contributed by atoms with Gasteiger partial charge >= 0.3 is 5.97 Å². The van der Waals surface area contributed by atoms with Crippen LogP contribution in [0.25, 0.3) is 0 Å². The molecule has 0 aliphatic heterocycles. The van der Waals surface area contributed by atoms with Gasteiger partial charge < -0.3 is 14.8 Å². The van der Waals surface area contributed by atoms with Crippen LogP contribution in [0.1, 0.15) is 78.6 Å². The summed E-state index contributed by atoms with van der Waals surface area (Å²) >= 11 is 0. The standard InChI is InChI=1S/C26H34N2O4/c1-5-31-25(30)15-32-24-13-17(2)22(18(3)19(24)4)14-21-11-12-23(27-16-29)26(28-21)20-9-7-6-8-10-20/h11-13,16,20H,5-10,14-15H2,1-4H3,(H,27,29). The highest BCUT2D eigenvalue weighted by Gasteiger charge is 2.21. The van der Waals surface area contributed by atoms with E-state index in [4.69, 9.17) is 14.5 Å². The first-order valence-corrected chi connectivity index (χ1v) is 11.5. The van der Waals surface area contributed by atoms with Crippen LogP contribution in [0.5, 0.6) is 5.75 Å². The Bertz CT molecular complexity index is 965. The van der Waals surface area contributed by atoms with Gasteiger partial charge in [-0.15, -0.1) is 0 Å². The summed E-state index contributed by atoms with van der Waals surface area (Å²) in [5.41, 5.74) is 7.29. The number of pyridine rings is 1. The van der Waals surface area contributed by atoms with Crippen molar-refractivity contribution in [2.45, 2.75) is 72.1 Å². The number of benzene rings is 1. The van der Waals surface area contributed by atoms with Gasteiger partial charge in [0.15, 0.2) is 6.61 Å². The van der Waals surface area contributed by atoms with Crippen molar-refractivity contribution in [2.75, 3.05) is 18.5 Å². The van der Waals surface area contributed by atoms with Crippen LogP contribution >= 0.6 is 0 Å². The molecule has 0 unspecified atom stereocenters. The molecule has 172 valence electrons. The predicted molar refractivity (Wildman–Crippen MR) is 125 cm³/mol. The Morgan fingerprint density at radius 2 is 1.91 bits per heavy atom. The number of ether oxygens (including phenoxy) is 2. The molecule has 0 saturated heterocycles. The van der Waals surface area contributed by atoms with Crippen molar-refractivity contribution < 1.29 is 19.1 Å². The Morgan fingerprint density at radius 3 is 2.59 bits per heavy atom. The fourth-order valence-electron chi connectivity index (χ4n) is 4.53. The topological polar surface area (TPSA) is 77.5 Å². The zero-order valence-corrected chi connectivity index (χ0v) is 19.6. The highest BCUT2D eigenvalue weighted by atomic mass is 16.6. The van der Waals surface area contributed by atoms with Gasteiger partial charge in [-0.25, -0.2) is 4.79 Å². The number of anilines is 1. The van der Waals surface area contributed by atoms with E-state index in [1.807, 2.05) is 25.1 Å². The van der Waals surface area contributed by atoms with Gasteiger partial charge in [0.05, 0.1) is 18.0 Å². The number of rotatable bonds is 9. The Hall–Kier alpha value is -2.89. The molecule has 0 bridgehead atoms. The molecular formula is C26H34N2O4. The van der Waals surface area contributed by atoms with Gasteiger partial charge in [0.25, 0.3) is 0 Å². The fraction of sp³-hybridized carbons (Fsp3) is 0.500. The molecule has 32 heavy (non-hydrogen) atoms. The van der Waals surface area contributed by atoms with Crippen molar-refractivity contribution in [3.05, 3.63) is 51.8 Å². The summed E-state index contributed by atoms with van der Waals surface area (Å²) in [7, 11) is 0. The molecule has 0 spiro atoms. The maximum absolute atomic E-state index is 11.7. The lowest BCUT2D eigenvalue weighted by Crippen LogP contribution is -2.15. The summed E-state index contributed by atoms with van der Waals surface area (Å²) in [5.74, 6) is 0.738. The van der Waals surface area contributed by atoms with Crippen LogP contribution in [0.4, 0.5) is 5.69 Å². The molecular weight excluding hydrogens is 404 g/mol. The van der Waals surface area contributed by atoms with Crippen LogP contribution in [0, 0.1) is 20.8 Å². The largest absolute Gasteiger partial charge is 0.482 e. The van der Waals surface area contributed by atoms with Crippen LogP contribution in [0.2, 0.25) is 0 Å². The second kappa shape index (κ2) is 11.1. The molecule has 3 rings (SSSR count). The molecule has 1 saturated carbocycles. The van der Waals surface area contributed by atoms with E-state index in [0.29, 0.717) is 24.7 Å². The third kappa shape index (κ3) is 5.67. The number of nitrogens with one attached hydrogen (secondary N) is 1. The number of nitrogens with zero attached hydrogens (tertiary/aromatic N) is 1. The minimum absolute atomic E-state index is 0.0929. The molecule has 1 aromatic carbocycles. The molecule has 1 aliphatic rings. The second-order valence-corrected chi connectivity index (χ2v) is 8.52. The Labute approximate surface area is 190 Å². The molecule has 2 aromatic rings. The Kier molecular flexibility index (Phi) is 8.26. The van der Waals surface area contributed by atoms with Gasteiger partial charge in [-0.05, 0) is 81.0 Å². The van der Waals surface area contributed by atoms with Crippen LogP contribution in [-0.4, -0.2) is 30.6 Å². The third-order valence-electron chi connectivity index (χ3n) is 6.41. The quantitative estimate of drug-likeness (QED) is 0.432. The summed E-state index contributed by atoms with van der Waals surface area (Å²) < 4.78 is 10.7. The highest BCUT2D eigenvalue weighted by Crippen LogP contribution is 2.36. The monoisotopic (exact) mass is 438 g/mol. The molecule has 1 amide bonds. The Morgan fingerprint density at radius 1 is 1.16 bits per heavy atom. The fourth-order valence-corrected chi connectivity index (χ4v) is 4.53. The van der Waals surface area contributed by atoms with Gasteiger partial charge in [-0.2, -0.15) is 0 Å². The first kappa shape index (κ1) is 23.8. The lowest BCUT2D eigenvalue weighted by atomic mass is 9.85. The van der Waals surface area contributed by atoms with Gasteiger partial charge in [0.1, 0.15) is 5.75 Å². The minimum atomic E-state index is -0.366. The molecule has 1 aromatic heterocycles. The van der Waals surface area contributed by atoms with Gasteiger partial charge in [-0.3, -0.25) is 9.78 Å². The van der Waals surface area contributed by atoms with Crippen molar-refractivity contribution in [3.8, 4) is 5.75 Å². The van der Waals surface area contributed by atoms with Crippen molar-refractivity contribution in [2.24, 2.45) is 0 Å². The van der Waals surface area contributed by atoms with E-state index in [1.165, 1.54) is 24.8 Å². The number of hydrogen-bond donors (Lipinski definition) is 1. The zero-order chi connectivity index (χ0) is 23.1. The summed E-state index contributed by atoms with van der Waals surface area (Å²) in [6.07, 6.45) is 7.37. The van der Waals surface area contributed by atoms with Crippen molar-refractivity contribution in [1.29, 1.82) is 0 Å². The van der Waals surface area contributed by atoms with Gasteiger partial charge in [0, 0.05) is 18.0 Å². The number of carbonyl (C=O) groups is 2. The average Bonchev–Trinajstić information content (AvgIpc) is 2.80. The summed E-state index contributed by atoms with van der Waals surface area (Å²) in [6.45, 7) is 8.18. The van der Waals surface area contributed by atoms with E-state index in [-0.39, 0.29) is 12.6 Å². The van der Waals surface area contributed by atoms with Crippen LogP contribution < -0.4 is 10.1 Å². The summed E-state index contributed by atoms with van der Waals surface area (Å²) in [4.78, 5) is 27.8. The lowest BCUT2D eigenvalue weighted by Gasteiger charge is -2.24. The van der Waals surface area contributed by atoms with E-state index in [0.717, 1.165) is 53.0 Å². The normalized spacial score (nSPS) is 14.1. The molecule has 1 fully saturated rings. The SMILES string of the molecule is CCOC(=O)COc1cc(C)c(Cc2ccc(NC=O)c(C3CCCCC3)n2)c(C)c1C. The average molecular weight is 439 g/mol. The third-order valence-corrected chi connectivity index (χ3v) is 6.41. The molecule has 0 radical (unpaired) electrons. The lowest BCUT2D eigenvalue weighted by molar-refractivity contribution is -0.145. The molecule has 1 N–H and O–H groups in total. The molecule has 1 heterocycles. The maximum atomic E-state index is 11.7. The zero-order valence-electron chi connectivity index (χ0n) is 19.6. The van der Waals surface area contributed by atoms with Gasteiger partial charge in [0.2, 0.25) is 6.41 Å². The number of carbonyl (C=O) groups excluding carboxylic acids is 2. The van der Waals surface area contributed by atoms with Crippen molar-refractivity contribution >= 4 is 18.1 Å². The van der Waals surface area contributed by atoms with Crippen LogP contribution in [0.15, 0.2) is 18.2 Å². The van der Waals surface area contributed by atoms with Crippen molar-refractivity contribution in [1.82, 2.24) is 4.98 Å². The molecule has 6 heteroatoms. The molecule has 1 aliphatic carbocycles. The van der Waals surface area contributed by atoms with Gasteiger partial charge in [-0.1, -0.05) is 19.3 Å². The molecule has 6 nitrogen and oxygen atoms in total. The number of aryl methyl sites for hydroxylation is 1. The minimum Gasteiger partial charge on any atom is -0.482 e. The van der Waals surface area contributed by atoms with Crippen LogP contribution in [0.3, 0.4) is 0 Å². The van der Waals surface area contributed by atoms with Crippen LogP contribution in [-0.2, 0) is 20.7 Å². The number of hydrogen-bond acceptors (Lipinski definition) is 5. The number of aromatic nitrogens is 1. The summed E-state index contributed by atoms with van der Waals surface area (Å²) in [5, 5.41) is 2.84. The smallest absolute Gasteiger partial charge is 0.344 e. The number of amides is 1. The number of esters is 1. The first-order chi connectivity index (χ1) is 15.4. The first-order valence-electron chi connectivity index (χ1n) is 11.5. The second-order valence-electron chi connectivity index (χ2n) is 8.52. The summed E-state index contributed by atoms with van der Waals surface area (Å²) in [6, 6.07) is 5.97. The molecule has 0 atom stereocenters. The Balaban J connectivity index is 1.85. The predicted octanol–water partition coefficient (Wildman–Crippen LogP) is 5.16. The van der Waals surface area contributed by atoms with E-state index in [1.54, 1.807) is 6.92 Å². The van der Waals surface area contributed by atoms with Crippen molar-refractivity contribution in [3.63, 3.8) is 0 Å². The maximum Gasteiger partial charge on any atom is 0.344 e. The van der Waals surface area contributed by atoms with E-state index >= 15 is 0 Å². The van der Waals surface area contributed by atoms with E-state index in [9.17, 15) is 9.59 Å². The van der Waals surface area contributed by atoms with E-state index < -0.39 is 0 Å². The van der Waals surface area contributed by atoms with E-state index in [2.05, 4.69) is 19.2 Å².